The van der Waals surface area contributed by atoms with Crippen LogP contribution in [0.2, 0.25) is 0 Å². The molecule has 0 radical (unpaired) electrons. The highest BCUT2D eigenvalue weighted by Crippen LogP contribution is 2.37. The molecule has 1 amide bonds. The molecule has 104 valence electrons. The van der Waals surface area contributed by atoms with Crippen LogP contribution in [0.3, 0.4) is 0 Å². The first-order valence-corrected chi connectivity index (χ1v) is 8.04. The van der Waals surface area contributed by atoms with E-state index in [1.165, 1.54) is 44.9 Å². The Morgan fingerprint density at radius 1 is 1.22 bits per heavy atom. The van der Waals surface area contributed by atoms with Crippen molar-refractivity contribution in [3.63, 3.8) is 0 Å². The van der Waals surface area contributed by atoms with Gasteiger partial charge in [0.15, 0.2) is 0 Å². The number of hydrogen-bond donors (Lipinski definition) is 1. The van der Waals surface area contributed by atoms with Gasteiger partial charge in [-0.05, 0) is 31.6 Å². The zero-order chi connectivity index (χ0) is 13.0. The van der Waals surface area contributed by atoms with Crippen LogP contribution in [0.4, 0.5) is 0 Å². The van der Waals surface area contributed by atoms with Crippen LogP contribution in [0.1, 0.15) is 58.3 Å². The van der Waals surface area contributed by atoms with Gasteiger partial charge in [0.25, 0.3) is 0 Å². The Morgan fingerprint density at radius 2 is 1.94 bits per heavy atom. The number of amides is 1. The van der Waals surface area contributed by atoms with Crippen LogP contribution in [0.5, 0.6) is 0 Å². The lowest BCUT2D eigenvalue weighted by molar-refractivity contribution is -0.126. The average molecular weight is 272 g/mol. The Labute approximate surface area is 116 Å². The number of nitrogens with one attached hydrogen (secondary N) is 1. The smallest absolute Gasteiger partial charge is 0.223 e. The van der Waals surface area contributed by atoms with Gasteiger partial charge in [-0.1, -0.05) is 32.6 Å². The predicted octanol–water partition coefficient (Wildman–Crippen LogP) is 3.73. The lowest BCUT2D eigenvalue weighted by Gasteiger charge is -2.36. The number of rotatable bonds is 4. The fourth-order valence-corrected chi connectivity index (χ4v) is 3.96. The van der Waals surface area contributed by atoms with E-state index in [2.05, 4.69) is 12.2 Å². The highest BCUT2D eigenvalue weighted by Gasteiger charge is 2.34. The quantitative estimate of drug-likeness (QED) is 0.776. The van der Waals surface area contributed by atoms with E-state index in [4.69, 9.17) is 11.6 Å². The SMILES string of the molecule is CC1CCCC1C(=O)NCC1(CCl)CCCCC1. The zero-order valence-electron chi connectivity index (χ0n) is 11.5. The molecule has 2 fully saturated rings. The molecule has 2 unspecified atom stereocenters. The predicted molar refractivity (Wildman–Crippen MR) is 75.8 cm³/mol. The minimum Gasteiger partial charge on any atom is -0.355 e. The Kier molecular flexibility index (Phi) is 4.94. The van der Waals surface area contributed by atoms with Crippen molar-refractivity contribution in [2.75, 3.05) is 12.4 Å². The van der Waals surface area contributed by atoms with E-state index in [1.807, 2.05) is 0 Å². The molecular weight excluding hydrogens is 246 g/mol. The van der Waals surface area contributed by atoms with Crippen molar-refractivity contribution < 1.29 is 4.79 Å². The van der Waals surface area contributed by atoms with E-state index in [9.17, 15) is 4.79 Å². The van der Waals surface area contributed by atoms with Crippen molar-refractivity contribution >= 4 is 17.5 Å². The molecule has 2 atom stereocenters. The van der Waals surface area contributed by atoms with Gasteiger partial charge in [0.05, 0.1) is 0 Å². The molecule has 0 saturated heterocycles. The van der Waals surface area contributed by atoms with E-state index < -0.39 is 0 Å². The molecule has 18 heavy (non-hydrogen) atoms. The number of carbonyl (C=O) groups excluding carboxylic acids is 1. The monoisotopic (exact) mass is 271 g/mol. The molecule has 0 aromatic heterocycles. The number of carbonyl (C=O) groups is 1. The van der Waals surface area contributed by atoms with Crippen LogP contribution in [0, 0.1) is 17.3 Å². The van der Waals surface area contributed by atoms with Gasteiger partial charge in [-0.2, -0.15) is 0 Å². The fraction of sp³-hybridized carbons (Fsp3) is 0.933. The van der Waals surface area contributed by atoms with Crippen molar-refractivity contribution in [3.05, 3.63) is 0 Å². The molecule has 2 aliphatic rings. The highest BCUT2D eigenvalue weighted by molar-refractivity contribution is 6.18. The molecule has 2 aliphatic carbocycles. The van der Waals surface area contributed by atoms with Gasteiger partial charge in [0.2, 0.25) is 5.91 Å². The molecule has 2 saturated carbocycles. The summed E-state index contributed by atoms with van der Waals surface area (Å²) in [4.78, 5) is 12.2. The number of hydrogen-bond acceptors (Lipinski definition) is 1. The second-order valence-corrected chi connectivity index (χ2v) is 6.69. The van der Waals surface area contributed by atoms with Gasteiger partial charge in [-0.3, -0.25) is 4.79 Å². The maximum absolute atomic E-state index is 12.2. The summed E-state index contributed by atoms with van der Waals surface area (Å²) in [6.45, 7) is 2.99. The van der Waals surface area contributed by atoms with Crippen LogP contribution >= 0.6 is 11.6 Å². The van der Waals surface area contributed by atoms with Gasteiger partial charge in [0.1, 0.15) is 0 Å². The summed E-state index contributed by atoms with van der Waals surface area (Å²) >= 11 is 6.16. The number of alkyl halides is 1. The third kappa shape index (κ3) is 3.20. The van der Waals surface area contributed by atoms with Gasteiger partial charge in [-0.15, -0.1) is 11.6 Å². The maximum atomic E-state index is 12.2. The third-order valence-corrected chi connectivity index (χ3v) is 5.60. The normalized spacial score (nSPS) is 31.2. The largest absolute Gasteiger partial charge is 0.355 e. The molecule has 2 nitrogen and oxygen atoms in total. The summed E-state index contributed by atoms with van der Waals surface area (Å²) < 4.78 is 0. The first kappa shape index (κ1) is 14.2. The summed E-state index contributed by atoms with van der Waals surface area (Å²) in [5, 5.41) is 3.19. The van der Waals surface area contributed by atoms with Crippen molar-refractivity contribution in [1.29, 1.82) is 0 Å². The summed E-state index contributed by atoms with van der Waals surface area (Å²) in [6.07, 6.45) is 9.70. The summed E-state index contributed by atoms with van der Waals surface area (Å²) in [7, 11) is 0. The first-order chi connectivity index (χ1) is 8.67. The molecule has 0 aliphatic heterocycles. The van der Waals surface area contributed by atoms with Crippen LogP contribution in [-0.4, -0.2) is 18.3 Å². The van der Waals surface area contributed by atoms with Gasteiger partial charge in [-0.25, -0.2) is 0 Å². The van der Waals surface area contributed by atoms with Gasteiger partial charge < -0.3 is 5.32 Å². The van der Waals surface area contributed by atoms with Crippen molar-refractivity contribution in [2.45, 2.75) is 58.3 Å². The highest BCUT2D eigenvalue weighted by atomic mass is 35.5. The van der Waals surface area contributed by atoms with Crippen LogP contribution < -0.4 is 5.32 Å². The minimum atomic E-state index is 0.178. The van der Waals surface area contributed by atoms with E-state index in [1.54, 1.807) is 0 Å². The van der Waals surface area contributed by atoms with Gasteiger partial charge in [0, 0.05) is 23.8 Å². The standard InChI is InChI=1S/C15H26ClNO/c1-12-6-5-7-13(12)14(18)17-11-15(10-16)8-3-2-4-9-15/h12-13H,2-11H2,1H3,(H,17,18). The van der Waals surface area contributed by atoms with Crippen LogP contribution in [0.15, 0.2) is 0 Å². The van der Waals surface area contributed by atoms with E-state index in [0.717, 1.165) is 13.0 Å². The lowest BCUT2D eigenvalue weighted by Crippen LogP contribution is -2.42. The van der Waals surface area contributed by atoms with Crippen LogP contribution in [0.25, 0.3) is 0 Å². The van der Waals surface area contributed by atoms with E-state index >= 15 is 0 Å². The Morgan fingerprint density at radius 3 is 2.50 bits per heavy atom. The van der Waals surface area contributed by atoms with E-state index in [-0.39, 0.29) is 17.2 Å². The molecule has 3 heteroatoms. The number of halogens is 1. The maximum Gasteiger partial charge on any atom is 0.223 e. The second-order valence-electron chi connectivity index (χ2n) is 6.43. The first-order valence-electron chi connectivity index (χ1n) is 7.51. The molecule has 0 aromatic carbocycles. The molecule has 0 aromatic rings. The average Bonchev–Trinajstić information content (AvgIpc) is 2.83. The Hall–Kier alpha value is -0.240. The molecule has 2 rings (SSSR count). The molecule has 0 heterocycles. The minimum absolute atomic E-state index is 0.178. The molecule has 1 N–H and O–H groups in total. The molecule has 0 spiro atoms. The summed E-state index contributed by atoms with van der Waals surface area (Å²) in [5.74, 6) is 1.77. The van der Waals surface area contributed by atoms with Gasteiger partial charge >= 0.3 is 0 Å². The van der Waals surface area contributed by atoms with Crippen LogP contribution in [-0.2, 0) is 4.79 Å². The molecule has 0 bridgehead atoms. The Balaban J connectivity index is 1.83. The lowest BCUT2D eigenvalue weighted by atomic mass is 9.75. The summed E-state index contributed by atoms with van der Waals surface area (Å²) in [6, 6.07) is 0. The van der Waals surface area contributed by atoms with Crippen molar-refractivity contribution in [2.24, 2.45) is 17.3 Å². The van der Waals surface area contributed by atoms with E-state index in [0.29, 0.717) is 11.8 Å². The second kappa shape index (κ2) is 6.27. The molecular formula is C15H26ClNO. The van der Waals surface area contributed by atoms with Crippen molar-refractivity contribution in [3.8, 4) is 0 Å². The third-order valence-electron chi connectivity index (χ3n) is 5.03. The van der Waals surface area contributed by atoms with Crippen molar-refractivity contribution in [1.82, 2.24) is 5.32 Å². The summed E-state index contributed by atoms with van der Waals surface area (Å²) in [5.41, 5.74) is 0.178. The zero-order valence-corrected chi connectivity index (χ0v) is 12.3. The topological polar surface area (TPSA) is 29.1 Å². The fourth-order valence-electron chi connectivity index (χ4n) is 3.60. The Bertz CT molecular complexity index is 286.